The third-order valence-corrected chi connectivity index (χ3v) is 6.09. The van der Waals surface area contributed by atoms with E-state index in [0.717, 1.165) is 12.5 Å². The van der Waals surface area contributed by atoms with Gasteiger partial charge in [0.15, 0.2) is 0 Å². The highest BCUT2D eigenvalue weighted by Gasteiger charge is 2.56. The predicted octanol–water partition coefficient (Wildman–Crippen LogP) is 4.29. The van der Waals surface area contributed by atoms with Crippen LogP contribution in [0.1, 0.15) is 37.4 Å². The monoisotopic (exact) mass is 514 g/mol. The third kappa shape index (κ3) is 5.82. The van der Waals surface area contributed by atoms with E-state index in [0.29, 0.717) is 16.5 Å². The Morgan fingerprint density at radius 1 is 1.28 bits per heavy atom. The van der Waals surface area contributed by atoms with Gasteiger partial charge in [0.05, 0.1) is 12.1 Å². The Morgan fingerprint density at radius 3 is 2.59 bits per heavy atom. The van der Waals surface area contributed by atoms with E-state index in [1.165, 1.54) is 13.0 Å². The lowest BCUT2D eigenvalue weighted by atomic mass is 9.87. The first-order valence-corrected chi connectivity index (χ1v) is 11.1. The van der Waals surface area contributed by atoms with E-state index in [2.05, 4.69) is 26.6 Å². The number of aliphatic hydroxyl groups excluding tert-OH is 1. The van der Waals surface area contributed by atoms with Gasteiger partial charge in [0.2, 0.25) is 11.5 Å². The molecule has 0 radical (unpaired) electrons. The van der Waals surface area contributed by atoms with Crippen molar-refractivity contribution < 1.29 is 27.8 Å². The fourth-order valence-corrected chi connectivity index (χ4v) is 4.22. The van der Waals surface area contributed by atoms with E-state index in [9.17, 15) is 23.1 Å². The summed E-state index contributed by atoms with van der Waals surface area (Å²) in [4.78, 5) is 11.7. The van der Waals surface area contributed by atoms with Gasteiger partial charge in [-0.25, -0.2) is 0 Å². The fourth-order valence-electron chi connectivity index (χ4n) is 3.84. The molecule has 1 aliphatic heterocycles. The summed E-state index contributed by atoms with van der Waals surface area (Å²) in [6, 6.07) is 12.9. The van der Waals surface area contributed by atoms with Crippen molar-refractivity contribution in [1.29, 1.82) is 0 Å². The van der Waals surface area contributed by atoms with Crippen LogP contribution in [0.5, 0.6) is 5.75 Å². The van der Waals surface area contributed by atoms with Crippen LogP contribution in [0.2, 0.25) is 0 Å². The normalized spacial score (nSPS) is 22.4. The minimum atomic E-state index is -4.57. The standard InChI is InChI=1S/C23H26BrF3N2O3/c1-14(30)29-18(10-15-6-4-3-5-7-15)20(31)13-28-19-12-22(2,23(25,26)27)32-21-9-8-16(24)11-17(19)21/h3-9,11,18-20,28,31H,10,12-13H2,1-2H3,(H,29,30)/t18-,19-,20+,22+/m0/s1. The van der Waals surface area contributed by atoms with Crippen molar-refractivity contribution >= 4 is 21.8 Å². The first-order chi connectivity index (χ1) is 15.0. The van der Waals surface area contributed by atoms with Crippen LogP contribution in [0.15, 0.2) is 53.0 Å². The van der Waals surface area contributed by atoms with Gasteiger partial charge in [0.25, 0.3) is 0 Å². The Labute approximate surface area is 193 Å². The van der Waals surface area contributed by atoms with Crippen molar-refractivity contribution in [2.24, 2.45) is 0 Å². The van der Waals surface area contributed by atoms with Gasteiger partial charge in [-0.2, -0.15) is 13.2 Å². The van der Waals surface area contributed by atoms with Crippen LogP contribution in [0.25, 0.3) is 0 Å². The van der Waals surface area contributed by atoms with Gasteiger partial charge >= 0.3 is 6.18 Å². The lowest BCUT2D eigenvalue weighted by molar-refractivity contribution is -0.249. The van der Waals surface area contributed by atoms with Crippen LogP contribution >= 0.6 is 15.9 Å². The van der Waals surface area contributed by atoms with Crippen molar-refractivity contribution in [3.05, 3.63) is 64.1 Å². The molecular formula is C23H26BrF3N2O3. The molecule has 1 amide bonds. The summed E-state index contributed by atoms with van der Waals surface area (Å²) in [6.07, 6.45) is -5.55. The average Bonchev–Trinajstić information content (AvgIpc) is 2.71. The van der Waals surface area contributed by atoms with Gasteiger partial charge in [0.1, 0.15) is 5.75 Å². The summed E-state index contributed by atoms with van der Waals surface area (Å²) in [7, 11) is 0. The van der Waals surface area contributed by atoms with Gasteiger partial charge in [-0.3, -0.25) is 4.79 Å². The molecule has 3 N–H and O–H groups in total. The van der Waals surface area contributed by atoms with Gasteiger partial charge in [-0.1, -0.05) is 46.3 Å². The molecule has 32 heavy (non-hydrogen) atoms. The minimum absolute atomic E-state index is 0.0116. The highest BCUT2D eigenvalue weighted by atomic mass is 79.9. The van der Waals surface area contributed by atoms with Crippen LogP contribution in [0, 0.1) is 0 Å². The van der Waals surface area contributed by atoms with E-state index in [1.54, 1.807) is 12.1 Å². The van der Waals surface area contributed by atoms with Crippen molar-refractivity contribution in [2.45, 2.75) is 56.7 Å². The number of nitrogens with one attached hydrogen (secondary N) is 2. The summed E-state index contributed by atoms with van der Waals surface area (Å²) >= 11 is 3.35. The molecule has 3 rings (SSSR count). The molecule has 174 valence electrons. The lowest BCUT2D eigenvalue weighted by Crippen LogP contribution is -2.54. The Hall–Kier alpha value is -2.10. The lowest BCUT2D eigenvalue weighted by Gasteiger charge is -2.41. The number of halogens is 4. The zero-order valence-corrected chi connectivity index (χ0v) is 19.3. The molecule has 9 heteroatoms. The molecular weight excluding hydrogens is 489 g/mol. The van der Waals surface area contributed by atoms with Crippen LogP contribution in [-0.2, 0) is 11.2 Å². The number of carbonyl (C=O) groups excluding carboxylic acids is 1. The Kier molecular flexibility index (Phi) is 7.52. The van der Waals surface area contributed by atoms with E-state index < -0.39 is 30.0 Å². The molecule has 1 aliphatic rings. The number of fused-ring (bicyclic) bond motifs is 1. The number of amides is 1. The second-order valence-corrected chi connectivity index (χ2v) is 9.16. The Balaban J connectivity index is 1.78. The number of benzene rings is 2. The van der Waals surface area contributed by atoms with Gasteiger partial charge in [0, 0.05) is 36.0 Å². The molecule has 2 aromatic rings. The SMILES string of the molecule is CC(=O)N[C@@H](Cc1ccccc1)[C@H](O)CN[C@H]1C[C@](C)(C(F)(F)F)Oc2ccc(Br)cc21. The van der Waals surface area contributed by atoms with Crippen LogP contribution in [0.3, 0.4) is 0 Å². The highest BCUT2D eigenvalue weighted by Crippen LogP contribution is 2.47. The zero-order valence-electron chi connectivity index (χ0n) is 17.7. The first kappa shape index (κ1) is 24.5. The molecule has 5 nitrogen and oxygen atoms in total. The van der Waals surface area contributed by atoms with Crippen LogP contribution < -0.4 is 15.4 Å². The molecule has 0 fully saturated rings. The Morgan fingerprint density at radius 2 is 1.97 bits per heavy atom. The summed E-state index contributed by atoms with van der Waals surface area (Å²) in [5.41, 5.74) is -0.861. The number of ether oxygens (including phenoxy) is 1. The van der Waals surface area contributed by atoms with Gasteiger partial charge in [-0.05, 0) is 37.1 Å². The first-order valence-electron chi connectivity index (χ1n) is 10.3. The molecule has 0 saturated carbocycles. The van der Waals surface area contributed by atoms with Crippen molar-refractivity contribution in [3.63, 3.8) is 0 Å². The van der Waals surface area contributed by atoms with Crippen LogP contribution in [0.4, 0.5) is 13.2 Å². The largest absolute Gasteiger partial charge is 0.478 e. The van der Waals surface area contributed by atoms with Crippen molar-refractivity contribution in [2.75, 3.05) is 6.54 Å². The number of alkyl halides is 3. The highest BCUT2D eigenvalue weighted by molar-refractivity contribution is 9.10. The molecule has 0 aromatic heterocycles. The van der Waals surface area contributed by atoms with Crippen molar-refractivity contribution in [1.82, 2.24) is 10.6 Å². The summed E-state index contributed by atoms with van der Waals surface area (Å²) < 4.78 is 47.2. The maximum atomic E-state index is 13.7. The minimum Gasteiger partial charge on any atom is -0.478 e. The third-order valence-electron chi connectivity index (χ3n) is 5.60. The molecule has 0 aliphatic carbocycles. The van der Waals surface area contributed by atoms with E-state index in [-0.39, 0.29) is 24.6 Å². The quantitative estimate of drug-likeness (QED) is 0.515. The summed E-state index contributed by atoms with van der Waals surface area (Å²) in [6.45, 7) is 2.38. The molecule has 4 atom stereocenters. The number of hydrogen-bond donors (Lipinski definition) is 3. The molecule has 1 heterocycles. The average molecular weight is 515 g/mol. The molecule has 0 spiro atoms. The molecule has 0 bridgehead atoms. The molecule has 0 unspecified atom stereocenters. The summed E-state index contributed by atoms with van der Waals surface area (Å²) in [5.74, 6) is -0.149. The fraction of sp³-hybridized carbons (Fsp3) is 0.435. The van der Waals surface area contributed by atoms with E-state index in [4.69, 9.17) is 4.74 Å². The van der Waals surface area contributed by atoms with Crippen LogP contribution in [-0.4, -0.2) is 41.5 Å². The number of carbonyl (C=O) groups is 1. The number of rotatable bonds is 7. The zero-order chi connectivity index (χ0) is 23.5. The van der Waals surface area contributed by atoms with Crippen molar-refractivity contribution in [3.8, 4) is 5.75 Å². The topological polar surface area (TPSA) is 70.6 Å². The predicted molar refractivity (Wildman–Crippen MR) is 118 cm³/mol. The maximum Gasteiger partial charge on any atom is 0.428 e. The van der Waals surface area contributed by atoms with E-state index >= 15 is 0 Å². The van der Waals surface area contributed by atoms with Gasteiger partial charge in [-0.15, -0.1) is 0 Å². The molecule has 2 aromatic carbocycles. The number of hydrogen-bond acceptors (Lipinski definition) is 4. The second kappa shape index (κ2) is 9.80. The van der Waals surface area contributed by atoms with Gasteiger partial charge < -0.3 is 20.5 Å². The Bertz CT molecular complexity index is 942. The smallest absolute Gasteiger partial charge is 0.428 e. The molecule has 0 saturated heterocycles. The van der Waals surface area contributed by atoms with E-state index in [1.807, 2.05) is 30.3 Å². The second-order valence-electron chi connectivity index (χ2n) is 8.24. The summed E-state index contributed by atoms with van der Waals surface area (Å²) in [5, 5.41) is 16.6. The number of aliphatic hydroxyl groups is 1. The maximum absolute atomic E-state index is 13.7.